The normalized spacial score (nSPS) is 15.8. The molecule has 1 aliphatic heterocycles. The Labute approximate surface area is 118 Å². The SMILES string of the molecule is COc1ccc(C#N)c(NCCN2CCSCC2)c1. The van der Waals surface area contributed by atoms with Gasteiger partial charge in [0.05, 0.1) is 18.4 Å². The number of benzene rings is 1. The molecule has 0 atom stereocenters. The Balaban J connectivity index is 1.89. The molecule has 4 nitrogen and oxygen atoms in total. The Morgan fingerprint density at radius 2 is 2.21 bits per heavy atom. The van der Waals surface area contributed by atoms with E-state index in [2.05, 4.69) is 16.3 Å². The fraction of sp³-hybridized carbons (Fsp3) is 0.500. The number of thioether (sulfide) groups is 1. The van der Waals surface area contributed by atoms with E-state index in [1.807, 2.05) is 23.9 Å². The predicted octanol–water partition coefficient (Wildman–Crippen LogP) is 2.03. The molecule has 2 rings (SSSR count). The first-order chi connectivity index (χ1) is 9.33. The molecule has 1 aliphatic rings. The average molecular weight is 277 g/mol. The lowest BCUT2D eigenvalue weighted by molar-refractivity contribution is 0.314. The predicted molar refractivity (Wildman–Crippen MR) is 80.0 cm³/mol. The Kier molecular flexibility index (Phi) is 5.37. The summed E-state index contributed by atoms with van der Waals surface area (Å²) >= 11 is 2.02. The van der Waals surface area contributed by atoms with E-state index in [0.717, 1.165) is 37.6 Å². The smallest absolute Gasteiger partial charge is 0.121 e. The van der Waals surface area contributed by atoms with Gasteiger partial charge in [-0.3, -0.25) is 4.90 Å². The Hall–Kier alpha value is -1.38. The highest BCUT2D eigenvalue weighted by Gasteiger charge is 2.10. The molecule has 0 spiro atoms. The molecule has 1 aromatic rings. The number of nitriles is 1. The number of nitrogens with zero attached hydrogens (tertiary/aromatic N) is 2. The van der Waals surface area contributed by atoms with Gasteiger partial charge < -0.3 is 10.1 Å². The maximum Gasteiger partial charge on any atom is 0.121 e. The van der Waals surface area contributed by atoms with E-state index in [9.17, 15) is 0 Å². The maximum absolute atomic E-state index is 9.09. The molecular formula is C14H19N3OS. The van der Waals surface area contributed by atoms with Crippen LogP contribution in [0.5, 0.6) is 5.75 Å². The van der Waals surface area contributed by atoms with Crippen molar-refractivity contribution >= 4 is 17.4 Å². The van der Waals surface area contributed by atoms with Crippen molar-refractivity contribution in [1.82, 2.24) is 4.90 Å². The van der Waals surface area contributed by atoms with E-state index in [1.165, 1.54) is 11.5 Å². The van der Waals surface area contributed by atoms with Crippen molar-refractivity contribution in [3.05, 3.63) is 23.8 Å². The number of anilines is 1. The minimum absolute atomic E-state index is 0.662. The highest BCUT2D eigenvalue weighted by Crippen LogP contribution is 2.21. The summed E-state index contributed by atoms with van der Waals surface area (Å²) in [6.45, 7) is 4.19. The van der Waals surface area contributed by atoms with Gasteiger partial charge in [-0.05, 0) is 12.1 Å². The second-order valence-electron chi connectivity index (χ2n) is 4.40. The molecule has 0 unspecified atom stereocenters. The van der Waals surface area contributed by atoms with Crippen molar-refractivity contribution < 1.29 is 4.74 Å². The van der Waals surface area contributed by atoms with Crippen LogP contribution in [0.25, 0.3) is 0 Å². The van der Waals surface area contributed by atoms with Gasteiger partial charge >= 0.3 is 0 Å². The molecular weight excluding hydrogens is 258 g/mol. The molecule has 102 valence electrons. The first-order valence-corrected chi connectivity index (χ1v) is 7.61. The van der Waals surface area contributed by atoms with E-state index < -0.39 is 0 Å². The van der Waals surface area contributed by atoms with Crippen LogP contribution in [0.4, 0.5) is 5.69 Å². The van der Waals surface area contributed by atoms with Crippen molar-refractivity contribution in [1.29, 1.82) is 5.26 Å². The third-order valence-corrected chi connectivity index (χ3v) is 4.14. The number of hydrogen-bond donors (Lipinski definition) is 1. The summed E-state index contributed by atoms with van der Waals surface area (Å²) in [5.74, 6) is 3.22. The van der Waals surface area contributed by atoms with E-state index >= 15 is 0 Å². The van der Waals surface area contributed by atoms with Crippen LogP contribution >= 0.6 is 11.8 Å². The number of hydrogen-bond acceptors (Lipinski definition) is 5. The van der Waals surface area contributed by atoms with Crippen LogP contribution in [0.3, 0.4) is 0 Å². The minimum Gasteiger partial charge on any atom is -0.497 e. The van der Waals surface area contributed by atoms with Crippen molar-refractivity contribution in [2.24, 2.45) is 0 Å². The van der Waals surface area contributed by atoms with Gasteiger partial charge in [0.2, 0.25) is 0 Å². The third kappa shape index (κ3) is 4.05. The fourth-order valence-corrected chi connectivity index (χ4v) is 3.05. The highest BCUT2D eigenvalue weighted by atomic mass is 32.2. The molecule has 0 saturated carbocycles. The zero-order valence-electron chi connectivity index (χ0n) is 11.2. The third-order valence-electron chi connectivity index (χ3n) is 3.19. The summed E-state index contributed by atoms with van der Waals surface area (Å²) in [5, 5.41) is 12.4. The second-order valence-corrected chi connectivity index (χ2v) is 5.63. The van der Waals surface area contributed by atoms with Gasteiger partial charge in [0, 0.05) is 43.8 Å². The molecule has 5 heteroatoms. The van der Waals surface area contributed by atoms with Gasteiger partial charge in [0.1, 0.15) is 11.8 Å². The molecule has 0 radical (unpaired) electrons. The molecule has 1 heterocycles. The quantitative estimate of drug-likeness (QED) is 0.892. The summed E-state index contributed by atoms with van der Waals surface area (Å²) < 4.78 is 5.19. The molecule has 1 N–H and O–H groups in total. The zero-order chi connectivity index (χ0) is 13.5. The number of rotatable bonds is 5. The maximum atomic E-state index is 9.09. The van der Waals surface area contributed by atoms with Crippen molar-refractivity contribution in [2.45, 2.75) is 0 Å². The lowest BCUT2D eigenvalue weighted by Crippen LogP contribution is -2.36. The molecule has 0 aliphatic carbocycles. The van der Waals surface area contributed by atoms with E-state index in [4.69, 9.17) is 10.00 Å². The van der Waals surface area contributed by atoms with Gasteiger partial charge in [-0.1, -0.05) is 0 Å². The molecule has 0 aromatic heterocycles. The summed E-state index contributed by atoms with van der Waals surface area (Å²) in [6.07, 6.45) is 0. The largest absolute Gasteiger partial charge is 0.497 e. The van der Waals surface area contributed by atoms with Crippen LogP contribution < -0.4 is 10.1 Å². The average Bonchev–Trinajstić information content (AvgIpc) is 2.48. The van der Waals surface area contributed by atoms with Gasteiger partial charge in [-0.2, -0.15) is 17.0 Å². The van der Waals surface area contributed by atoms with Crippen molar-refractivity contribution in [3.8, 4) is 11.8 Å². The van der Waals surface area contributed by atoms with E-state index in [0.29, 0.717) is 5.56 Å². The van der Waals surface area contributed by atoms with Crippen molar-refractivity contribution in [2.75, 3.05) is 50.1 Å². The van der Waals surface area contributed by atoms with Crippen LogP contribution in [-0.2, 0) is 0 Å². The van der Waals surface area contributed by atoms with E-state index in [1.54, 1.807) is 13.2 Å². The zero-order valence-corrected chi connectivity index (χ0v) is 12.0. The van der Waals surface area contributed by atoms with Gasteiger partial charge in [-0.15, -0.1) is 0 Å². The van der Waals surface area contributed by atoms with Gasteiger partial charge in [-0.25, -0.2) is 0 Å². The number of ether oxygens (including phenoxy) is 1. The summed E-state index contributed by atoms with van der Waals surface area (Å²) in [7, 11) is 1.64. The Morgan fingerprint density at radius 1 is 1.42 bits per heavy atom. The minimum atomic E-state index is 0.662. The number of methoxy groups -OCH3 is 1. The summed E-state index contributed by atoms with van der Waals surface area (Å²) in [4.78, 5) is 2.45. The van der Waals surface area contributed by atoms with Crippen molar-refractivity contribution in [3.63, 3.8) is 0 Å². The van der Waals surface area contributed by atoms with Gasteiger partial charge in [0.25, 0.3) is 0 Å². The first kappa shape index (κ1) is 14.0. The fourth-order valence-electron chi connectivity index (χ4n) is 2.07. The molecule has 19 heavy (non-hydrogen) atoms. The summed E-state index contributed by atoms with van der Waals surface area (Å²) in [6, 6.07) is 7.68. The van der Waals surface area contributed by atoms with Crippen LogP contribution in [0.15, 0.2) is 18.2 Å². The van der Waals surface area contributed by atoms with Gasteiger partial charge in [0.15, 0.2) is 0 Å². The monoisotopic (exact) mass is 277 g/mol. The van der Waals surface area contributed by atoms with Crippen LogP contribution in [0.1, 0.15) is 5.56 Å². The van der Waals surface area contributed by atoms with Crippen LogP contribution in [0, 0.1) is 11.3 Å². The number of nitrogens with one attached hydrogen (secondary N) is 1. The molecule has 1 saturated heterocycles. The Morgan fingerprint density at radius 3 is 2.89 bits per heavy atom. The van der Waals surface area contributed by atoms with E-state index in [-0.39, 0.29) is 0 Å². The Bertz CT molecular complexity index is 452. The lowest BCUT2D eigenvalue weighted by Gasteiger charge is -2.26. The molecule has 0 bridgehead atoms. The van der Waals surface area contributed by atoms with Crippen LogP contribution in [-0.4, -0.2) is 49.7 Å². The highest BCUT2D eigenvalue weighted by molar-refractivity contribution is 7.99. The standard InChI is InChI=1S/C14H19N3OS/c1-18-13-3-2-12(11-15)14(10-13)16-4-5-17-6-8-19-9-7-17/h2-3,10,16H,4-9H2,1H3. The molecule has 1 fully saturated rings. The molecule has 0 amide bonds. The first-order valence-electron chi connectivity index (χ1n) is 6.45. The molecule has 1 aromatic carbocycles. The van der Waals surface area contributed by atoms with Crippen LogP contribution in [0.2, 0.25) is 0 Å². The lowest BCUT2D eigenvalue weighted by atomic mass is 10.2. The summed E-state index contributed by atoms with van der Waals surface area (Å²) in [5.41, 5.74) is 1.52. The topological polar surface area (TPSA) is 48.3 Å². The second kappa shape index (κ2) is 7.27.